The Morgan fingerprint density at radius 1 is 1.00 bits per heavy atom. The second kappa shape index (κ2) is 3.96. The largest absolute Gasteiger partial charge is 0.425 e. The van der Waals surface area contributed by atoms with E-state index in [1.807, 2.05) is 30.3 Å². The minimum Gasteiger partial charge on any atom is -0.425 e. The zero-order chi connectivity index (χ0) is 12.6. The lowest BCUT2D eigenvalue weighted by atomic mass is 9.92. The fraction of sp³-hybridized carbons (Fsp3) is 0.133. The molecule has 0 bridgehead atoms. The van der Waals surface area contributed by atoms with Crippen LogP contribution in [0.5, 0.6) is 0 Å². The summed E-state index contributed by atoms with van der Waals surface area (Å²) in [5.74, 6) is -2.05. The first-order valence-corrected chi connectivity index (χ1v) is 5.78. The van der Waals surface area contributed by atoms with Crippen LogP contribution >= 0.6 is 0 Å². The average molecular weight is 240 g/mol. The van der Waals surface area contributed by atoms with E-state index in [9.17, 15) is 9.90 Å². The summed E-state index contributed by atoms with van der Waals surface area (Å²) in [6.45, 7) is 0. The lowest BCUT2D eigenvalue weighted by Crippen LogP contribution is -2.39. The SMILES string of the molecule is O=C1OC(O)(c2ccccc2)Cc2ccccc21. The van der Waals surface area contributed by atoms with E-state index in [1.54, 1.807) is 24.3 Å². The zero-order valence-corrected chi connectivity index (χ0v) is 9.67. The van der Waals surface area contributed by atoms with Crippen molar-refractivity contribution in [3.05, 3.63) is 71.3 Å². The zero-order valence-electron chi connectivity index (χ0n) is 9.67. The van der Waals surface area contributed by atoms with Gasteiger partial charge in [0.25, 0.3) is 0 Å². The first kappa shape index (κ1) is 11.0. The summed E-state index contributed by atoms with van der Waals surface area (Å²) in [5.41, 5.74) is 1.92. The van der Waals surface area contributed by atoms with Crippen LogP contribution < -0.4 is 0 Å². The maximum Gasteiger partial charge on any atom is 0.341 e. The molecule has 0 amide bonds. The Morgan fingerprint density at radius 3 is 2.44 bits per heavy atom. The van der Waals surface area contributed by atoms with Crippen molar-refractivity contribution in [1.29, 1.82) is 0 Å². The van der Waals surface area contributed by atoms with Gasteiger partial charge in [0, 0.05) is 12.0 Å². The number of cyclic esters (lactones) is 1. The Kier molecular flexibility index (Phi) is 2.42. The number of ether oxygens (including phenoxy) is 1. The van der Waals surface area contributed by atoms with Gasteiger partial charge < -0.3 is 9.84 Å². The highest BCUT2D eigenvalue weighted by Gasteiger charge is 2.39. The minimum absolute atomic E-state index is 0.277. The molecular formula is C15H12O3. The molecule has 0 aromatic heterocycles. The molecule has 0 fully saturated rings. The molecule has 0 aliphatic carbocycles. The van der Waals surface area contributed by atoms with Crippen LogP contribution in [0.2, 0.25) is 0 Å². The van der Waals surface area contributed by atoms with Gasteiger partial charge in [-0.2, -0.15) is 0 Å². The number of rotatable bonds is 1. The van der Waals surface area contributed by atoms with Crippen molar-refractivity contribution in [3.63, 3.8) is 0 Å². The van der Waals surface area contributed by atoms with Crippen LogP contribution in [-0.4, -0.2) is 11.1 Å². The molecule has 3 nitrogen and oxygen atoms in total. The first-order valence-electron chi connectivity index (χ1n) is 5.78. The molecular weight excluding hydrogens is 228 g/mol. The minimum atomic E-state index is -1.56. The Labute approximate surface area is 105 Å². The molecule has 2 aromatic rings. The number of aliphatic hydroxyl groups is 1. The highest BCUT2D eigenvalue weighted by molar-refractivity contribution is 5.92. The lowest BCUT2D eigenvalue weighted by Gasteiger charge is -2.33. The maximum atomic E-state index is 11.9. The molecule has 1 aliphatic rings. The van der Waals surface area contributed by atoms with E-state index in [2.05, 4.69) is 0 Å². The molecule has 1 heterocycles. The van der Waals surface area contributed by atoms with Gasteiger partial charge in [0.15, 0.2) is 0 Å². The lowest BCUT2D eigenvalue weighted by molar-refractivity contribution is -0.177. The van der Waals surface area contributed by atoms with Gasteiger partial charge in [0.2, 0.25) is 5.79 Å². The molecule has 0 spiro atoms. The first-order chi connectivity index (χ1) is 8.69. The summed E-state index contributed by atoms with van der Waals surface area (Å²) in [7, 11) is 0. The van der Waals surface area contributed by atoms with Crippen LogP contribution in [0.4, 0.5) is 0 Å². The maximum absolute atomic E-state index is 11.9. The van der Waals surface area contributed by atoms with Crippen molar-refractivity contribution in [2.75, 3.05) is 0 Å². The summed E-state index contributed by atoms with van der Waals surface area (Å²) in [6.07, 6.45) is 0.277. The Morgan fingerprint density at radius 2 is 1.67 bits per heavy atom. The number of carbonyl (C=O) groups excluding carboxylic acids is 1. The summed E-state index contributed by atoms with van der Waals surface area (Å²) in [4.78, 5) is 11.9. The molecule has 1 N–H and O–H groups in total. The van der Waals surface area contributed by atoms with E-state index in [0.717, 1.165) is 5.56 Å². The summed E-state index contributed by atoms with van der Waals surface area (Å²) in [6, 6.07) is 16.2. The van der Waals surface area contributed by atoms with Crippen molar-refractivity contribution >= 4 is 5.97 Å². The molecule has 1 atom stereocenters. The van der Waals surface area contributed by atoms with Gasteiger partial charge in [-0.3, -0.25) is 0 Å². The van der Waals surface area contributed by atoms with Gasteiger partial charge in [0.05, 0.1) is 5.56 Å². The fourth-order valence-corrected chi connectivity index (χ4v) is 2.24. The quantitative estimate of drug-likeness (QED) is 0.778. The van der Waals surface area contributed by atoms with Crippen molar-refractivity contribution in [2.45, 2.75) is 12.2 Å². The van der Waals surface area contributed by atoms with Crippen LogP contribution in [0.3, 0.4) is 0 Å². The number of carbonyl (C=O) groups is 1. The monoisotopic (exact) mass is 240 g/mol. The van der Waals surface area contributed by atoms with E-state index >= 15 is 0 Å². The summed E-state index contributed by atoms with van der Waals surface area (Å²) >= 11 is 0. The molecule has 0 radical (unpaired) electrons. The van der Waals surface area contributed by atoms with Crippen molar-refractivity contribution in [3.8, 4) is 0 Å². The van der Waals surface area contributed by atoms with Crippen LogP contribution in [0, 0.1) is 0 Å². The molecule has 0 saturated carbocycles. The van der Waals surface area contributed by atoms with Crippen LogP contribution in [-0.2, 0) is 16.9 Å². The Balaban J connectivity index is 2.06. The number of benzene rings is 2. The molecule has 0 saturated heterocycles. The van der Waals surface area contributed by atoms with Crippen molar-refractivity contribution in [1.82, 2.24) is 0 Å². The predicted octanol–water partition coefficient (Wildman–Crippen LogP) is 2.24. The smallest absolute Gasteiger partial charge is 0.341 e. The molecule has 1 unspecified atom stereocenters. The molecule has 2 aromatic carbocycles. The second-order valence-corrected chi connectivity index (χ2v) is 4.37. The second-order valence-electron chi connectivity index (χ2n) is 4.37. The van der Waals surface area contributed by atoms with Gasteiger partial charge in [-0.25, -0.2) is 4.79 Å². The highest BCUT2D eigenvalue weighted by atomic mass is 16.7. The van der Waals surface area contributed by atoms with Crippen LogP contribution in [0.25, 0.3) is 0 Å². The van der Waals surface area contributed by atoms with Gasteiger partial charge >= 0.3 is 5.97 Å². The van der Waals surface area contributed by atoms with Crippen LogP contribution in [0.1, 0.15) is 21.5 Å². The predicted molar refractivity (Wildman–Crippen MR) is 65.9 cm³/mol. The third-order valence-corrected chi connectivity index (χ3v) is 3.15. The van der Waals surface area contributed by atoms with Crippen molar-refractivity contribution in [2.24, 2.45) is 0 Å². The Hall–Kier alpha value is -2.13. The van der Waals surface area contributed by atoms with E-state index in [0.29, 0.717) is 11.1 Å². The number of fused-ring (bicyclic) bond motifs is 1. The third kappa shape index (κ3) is 1.69. The van der Waals surface area contributed by atoms with E-state index < -0.39 is 11.8 Å². The topological polar surface area (TPSA) is 46.5 Å². The average Bonchev–Trinajstić information content (AvgIpc) is 2.40. The number of esters is 1. The molecule has 90 valence electrons. The van der Waals surface area contributed by atoms with E-state index in [1.165, 1.54) is 0 Å². The number of hydrogen-bond acceptors (Lipinski definition) is 3. The van der Waals surface area contributed by atoms with E-state index in [-0.39, 0.29) is 6.42 Å². The summed E-state index contributed by atoms with van der Waals surface area (Å²) in [5, 5.41) is 10.5. The van der Waals surface area contributed by atoms with Crippen LogP contribution in [0.15, 0.2) is 54.6 Å². The van der Waals surface area contributed by atoms with Gasteiger partial charge in [-0.05, 0) is 11.6 Å². The molecule has 3 rings (SSSR count). The van der Waals surface area contributed by atoms with Crippen molar-refractivity contribution < 1.29 is 14.6 Å². The fourth-order valence-electron chi connectivity index (χ4n) is 2.24. The Bertz CT molecular complexity index is 592. The molecule has 18 heavy (non-hydrogen) atoms. The van der Waals surface area contributed by atoms with E-state index in [4.69, 9.17) is 4.74 Å². The van der Waals surface area contributed by atoms with Gasteiger partial charge in [-0.15, -0.1) is 0 Å². The highest BCUT2D eigenvalue weighted by Crippen LogP contribution is 2.33. The summed E-state index contributed by atoms with van der Waals surface area (Å²) < 4.78 is 5.20. The third-order valence-electron chi connectivity index (χ3n) is 3.15. The number of hydrogen-bond donors (Lipinski definition) is 1. The standard InChI is InChI=1S/C15H12O3/c16-14-13-9-5-4-6-11(13)10-15(17,18-14)12-7-2-1-3-8-12/h1-9,17H,10H2. The van der Waals surface area contributed by atoms with Gasteiger partial charge in [0.1, 0.15) is 0 Å². The molecule has 1 aliphatic heterocycles. The molecule has 3 heteroatoms. The normalized spacial score (nSPS) is 22.2. The van der Waals surface area contributed by atoms with Gasteiger partial charge in [-0.1, -0.05) is 48.5 Å².